The lowest BCUT2D eigenvalue weighted by Crippen LogP contribution is -2.65. The van der Waals surface area contributed by atoms with Gasteiger partial charge in [-0.2, -0.15) is 0 Å². The zero-order chi connectivity index (χ0) is 8.11. The minimum atomic E-state index is 0.638. The Morgan fingerprint density at radius 3 is 2.18 bits per heavy atom. The number of hydrogen-bond acceptors (Lipinski definition) is 1. The Bertz CT molecular complexity index is 152. The molecule has 3 fully saturated rings. The molecule has 0 saturated heterocycles. The Labute approximate surface area is 69.1 Å². The van der Waals surface area contributed by atoms with Crippen molar-refractivity contribution in [1.82, 2.24) is 0 Å². The van der Waals surface area contributed by atoms with E-state index in [0.717, 1.165) is 17.9 Å². The van der Waals surface area contributed by atoms with Gasteiger partial charge in [0.05, 0.1) is 6.61 Å². The first kappa shape index (κ1) is 7.60. The van der Waals surface area contributed by atoms with Crippen molar-refractivity contribution in [2.75, 3.05) is 13.7 Å². The van der Waals surface area contributed by atoms with E-state index in [-0.39, 0.29) is 0 Å². The Morgan fingerprint density at radius 1 is 1.27 bits per heavy atom. The third kappa shape index (κ3) is 0.807. The highest BCUT2D eigenvalue weighted by atomic mass is 16.5. The van der Waals surface area contributed by atoms with Crippen molar-refractivity contribution in [1.29, 1.82) is 0 Å². The van der Waals surface area contributed by atoms with Crippen LogP contribution in [-0.2, 0) is 4.74 Å². The Morgan fingerprint density at radius 2 is 1.82 bits per heavy atom. The second kappa shape index (κ2) is 2.01. The predicted octanol–water partition coefficient (Wildman–Crippen LogP) is 2.46. The van der Waals surface area contributed by atoms with Gasteiger partial charge in [0.25, 0.3) is 0 Å². The van der Waals surface area contributed by atoms with Crippen LogP contribution in [0.15, 0.2) is 0 Å². The van der Waals surface area contributed by atoms with Gasteiger partial charge in [0.2, 0.25) is 0 Å². The summed E-state index contributed by atoms with van der Waals surface area (Å²) in [5, 5.41) is 0. The summed E-state index contributed by atoms with van der Waals surface area (Å²) >= 11 is 0. The maximum absolute atomic E-state index is 5.21. The van der Waals surface area contributed by atoms with Crippen LogP contribution in [0.1, 0.15) is 33.1 Å². The van der Waals surface area contributed by atoms with E-state index in [9.17, 15) is 0 Å². The summed E-state index contributed by atoms with van der Waals surface area (Å²) in [7, 11) is 1.82. The van der Waals surface area contributed by atoms with E-state index in [1.165, 1.54) is 19.3 Å². The molecule has 0 aromatic carbocycles. The van der Waals surface area contributed by atoms with Crippen LogP contribution in [0.25, 0.3) is 0 Å². The van der Waals surface area contributed by atoms with Gasteiger partial charge in [-0.3, -0.25) is 0 Å². The van der Waals surface area contributed by atoms with E-state index in [4.69, 9.17) is 4.74 Å². The molecular weight excluding hydrogens is 136 g/mol. The highest BCUT2D eigenvalue weighted by Crippen LogP contribution is 2.76. The van der Waals surface area contributed by atoms with E-state index in [1.807, 2.05) is 7.11 Å². The molecule has 11 heavy (non-hydrogen) atoms. The quantitative estimate of drug-likeness (QED) is 0.606. The van der Waals surface area contributed by atoms with Crippen LogP contribution >= 0.6 is 0 Å². The fourth-order valence-corrected chi connectivity index (χ4v) is 3.16. The van der Waals surface area contributed by atoms with Crippen LogP contribution in [0.4, 0.5) is 0 Å². The van der Waals surface area contributed by atoms with Crippen molar-refractivity contribution >= 4 is 0 Å². The molecule has 3 aliphatic carbocycles. The number of rotatable bonds is 3. The molecule has 3 saturated carbocycles. The summed E-state index contributed by atoms with van der Waals surface area (Å²) in [5.74, 6) is 0.890. The average Bonchev–Trinajstić information content (AvgIpc) is 1.73. The average molecular weight is 154 g/mol. The largest absolute Gasteiger partial charge is 0.384 e. The third-order valence-corrected chi connectivity index (χ3v) is 3.86. The molecule has 3 rings (SSSR count). The first-order valence-corrected chi connectivity index (χ1v) is 4.62. The number of ether oxygens (including phenoxy) is 1. The monoisotopic (exact) mass is 154 g/mol. The highest BCUT2D eigenvalue weighted by molar-refractivity contribution is 5.17. The molecule has 64 valence electrons. The van der Waals surface area contributed by atoms with Gasteiger partial charge in [-0.05, 0) is 36.0 Å². The standard InChI is InChI=1S/C10H18O/c1-8(2)10-4-9(5-10,6-10)7-11-3/h8H,4-7H2,1-3H3. The second-order valence-corrected chi connectivity index (χ2v) is 4.98. The van der Waals surface area contributed by atoms with Crippen molar-refractivity contribution in [3.8, 4) is 0 Å². The fourth-order valence-electron chi connectivity index (χ4n) is 3.16. The highest BCUT2D eigenvalue weighted by Gasteiger charge is 2.68. The summed E-state index contributed by atoms with van der Waals surface area (Å²) in [6.07, 6.45) is 4.31. The molecule has 0 amide bonds. The molecular formula is C10H18O. The molecule has 0 atom stereocenters. The Balaban J connectivity index is 1.89. The zero-order valence-corrected chi connectivity index (χ0v) is 7.81. The van der Waals surface area contributed by atoms with Crippen LogP contribution in [0.2, 0.25) is 0 Å². The molecule has 0 aromatic rings. The fraction of sp³-hybridized carbons (Fsp3) is 1.00. The minimum Gasteiger partial charge on any atom is -0.384 e. The first-order valence-electron chi connectivity index (χ1n) is 4.62. The van der Waals surface area contributed by atoms with Gasteiger partial charge in [0.1, 0.15) is 0 Å². The molecule has 1 nitrogen and oxygen atoms in total. The van der Waals surface area contributed by atoms with Crippen LogP contribution in [0.3, 0.4) is 0 Å². The molecule has 2 bridgehead atoms. The molecule has 0 heterocycles. The lowest BCUT2D eigenvalue weighted by molar-refractivity contribution is -0.249. The summed E-state index contributed by atoms with van der Waals surface area (Å²) in [5.41, 5.74) is 1.39. The molecule has 0 N–H and O–H groups in total. The van der Waals surface area contributed by atoms with Crippen LogP contribution in [-0.4, -0.2) is 13.7 Å². The van der Waals surface area contributed by atoms with Crippen LogP contribution < -0.4 is 0 Å². The number of methoxy groups -OCH3 is 1. The minimum absolute atomic E-state index is 0.638. The van der Waals surface area contributed by atoms with Crippen molar-refractivity contribution in [3.63, 3.8) is 0 Å². The zero-order valence-electron chi connectivity index (χ0n) is 7.81. The lowest BCUT2D eigenvalue weighted by Gasteiger charge is -2.73. The van der Waals surface area contributed by atoms with Crippen molar-refractivity contribution in [2.24, 2.45) is 16.7 Å². The van der Waals surface area contributed by atoms with E-state index in [1.54, 1.807) is 0 Å². The third-order valence-electron chi connectivity index (χ3n) is 3.86. The van der Waals surface area contributed by atoms with Crippen molar-refractivity contribution in [3.05, 3.63) is 0 Å². The summed E-state index contributed by atoms with van der Waals surface area (Å²) in [6.45, 7) is 5.72. The molecule has 0 radical (unpaired) electrons. The smallest absolute Gasteiger partial charge is 0.0519 e. The van der Waals surface area contributed by atoms with E-state index >= 15 is 0 Å². The number of hydrogen-bond donors (Lipinski definition) is 0. The van der Waals surface area contributed by atoms with Gasteiger partial charge >= 0.3 is 0 Å². The topological polar surface area (TPSA) is 9.23 Å². The normalized spacial score (nSPS) is 46.9. The molecule has 0 spiro atoms. The van der Waals surface area contributed by atoms with E-state index in [0.29, 0.717) is 5.41 Å². The molecule has 0 aromatic heterocycles. The summed E-state index contributed by atoms with van der Waals surface area (Å²) < 4.78 is 5.21. The molecule has 3 aliphatic rings. The lowest BCUT2D eigenvalue weighted by atomic mass is 9.32. The maximum Gasteiger partial charge on any atom is 0.0519 e. The SMILES string of the molecule is COCC12CC(C(C)C)(C1)C2. The van der Waals surface area contributed by atoms with Crippen molar-refractivity contribution in [2.45, 2.75) is 33.1 Å². The van der Waals surface area contributed by atoms with Crippen LogP contribution in [0, 0.1) is 16.7 Å². The Hall–Kier alpha value is -0.0400. The maximum atomic E-state index is 5.21. The van der Waals surface area contributed by atoms with E-state index < -0.39 is 0 Å². The molecule has 0 unspecified atom stereocenters. The summed E-state index contributed by atoms with van der Waals surface area (Å²) in [4.78, 5) is 0. The molecule has 0 aliphatic heterocycles. The van der Waals surface area contributed by atoms with Crippen LogP contribution in [0.5, 0.6) is 0 Å². The Kier molecular flexibility index (Phi) is 1.39. The predicted molar refractivity (Wildman–Crippen MR) is 45.4 cm³/mol. The van der Waals surface area contributed by atoms with Crippen molar-refractivity contribution < 1.29 is 4.74 Å². The molecule has 1 heteroatoms. The van der Waals surface area contributed by atoms with Gasteiger partial charge in [-0.25, -0.2) is 0 Å². The van der Waals surface area contributed by atoms with E-state index in [2.05, 4.69) is 13.8 Å². The summed E-state index contributed by atoms with van der Waals surface area (Å²) in [6, 6.07) is 0. The van der Waals surface area contributed by atoms with Gasteiger partial charge in [0.15, 0.2) is 0 Å². The second-order valence-electron chi connectivity index (χ2n) is 4.98. The first-order chi connectivity index (χ1) is 5.13. The van der Waals surface area contributed by atoms with Gasteiger partial charge in [-0.15, -0.1) is 0 Å². The van der Waals surface area contributed by atoms with Gasteiger partial charge in [0, 0.05) is 7.11 Å². The van der Waals surface area contributed by atoms with Gasteiger partial charge < -0.3 is 4.74 Å². The van der Waals surface area contributed by atoms with Gasteiger partial charge in [-0.1, -0.05) is 13.8 Å².